The monoisotopic (exact) mass is 408 g/mol. The fourth-order valence-corrected chi connectivity index (χ4v) is 3.96. The van der Waals surface area contributed by atoms with Crippen molar-refractivity contribution < 1.29 is 14.0 Å². The summed E-state index contributed by atoms with van der Waals surface area (Å²) in [7, 11) is 0. The number of halogens is 1. The van der Waals surface area contributed by atoms with E-state index in [1.807, 2.05) is 48.7 Å². The number of nitrogens with zero attached hydrogens (tertiary/aromatic N) is 2. The van der Waals surface area contributed by atoms with Crippen LogP contribution in [0.5, 0.6) is 0 Å². The maximum Gasteiger partial charge on any atom is 0.264 e. The molecule has 0 fully saturated rings. The Morgan fingerprint density at radius 3 is 2.62 bits per heavy atom. The zero-order chi connectivity index (χ0) is 20.2. The van der Waals surface area contributed by atoms with E-state index in [1.165, 1.54) is 29.0 Å². The van der Waals surface area contributed by atoms with Crippen LogP contribution in [0.4, 0.5) is 4.39 Å². The number of carbonyl (C=O) groups excluding carboxylic acids is 1. The van der Waals surface area contributed by atoms with Crippen molar-refractivity contribution in [2.75, 3.05) is 6.54 Å². The number of rotatable bonds is 6. The highest BCUT2D eigenvalue weighted by Crippen LogP contribution is 2.21. The van der Waals surface area contributed by atoms with Crippen LogP contribution < -0.4 is 0 Å². The average Bonchev–Trinajstić information content (AvgIpc) is 3.41. The molecule has 4 nitrogen and oxygen atoms in total. The Hall–Kier alpha value is -2.99. The van der Waals surface area contributed by atoms with E-state index < -0.39 is 0 Å². The predicted octanol–water partition coefficient (Wildman–Crippen LogP) is 5.03. The van der Waals surface area contributed by atoms with Gasteiger partial charge in [0.1, 0.15) is 5.82 Å². The lowest BCUT2D eigenvalue weighted by molar-refractivity contribution is 0.0408. The zero-order valence-corrected chi connectivity index (χ0v) is 16.9. The van der Waals surface area contributed by atoms with E-state index in [2.05, 4.69) is 5.16 Å². The second kappa shape index (κ2) is 8.57. The lowest BCUT2D eigenvalue weighted by atomic mass is 10.0. The molecule has 0 spiro atoms. The molecule has 0 unspecified atom stereocenters. The maximum atomic E-state index is 13.2. The van der Waals surface area contributed by atoms with Crippen LogP contribution in [0, 0.1) is 12.7 Å². The summed E-state index contributed by atoms with van der Waals surface area (Å²) in [5.74, 6) is -0.350. The molecular formula is C23H21FN2O2S. The summed E-state index contributed by atoms with van der Waals surface area (Å²) in [6.07, 6.45) is 0.427. The molecule has 1 aromatic heterocycles. The third-order valence-electron chi connectivity index (χ3n) is 4.85. The molecule has 2 heterocycles. The highest BCUT2D eigenvalue weighted by atomic mass is 32.1. The quantitative estimate of drug-likeness (QED) is 0.574. The standard InChI is InChI=1S/C23H21FN2O2S/c1-16-4-8-18(9-5-16)21-13-20(28-25-21)15-26(23(27)22-3-2-12-29-22)14-17-6-10-19(24)11-7-17/h2-12,20H,13-15H2,1H3/t20-/m0/s1. The van der Waals surface area contributed by atoms with Crippen LogP contribution in [0.2, 0.25) is 0 Å². The fourth-order valence-electron chi connectivity index (χ4n) is 3.27. The first-order valence-corrected chi connectivity index (χ1v) is 10.3. The van der Waals surface area contributed by atoms with Crippen molar-refractivity contribution >= 4 is 23.0 Å². The molecule has 148 valence electrons. The van der Waals surface area contributed by atoms with Crippen LogP contribution in [-0.4, -0.2) is 29.2 Å². The SMILES string of the molecule is Cc1ccc(C2=NO[C@H](CN(Cc3ccc(F)cc3)C(=O)c3cccs3)C2)cc1. The molecule has 0 radical (unpaired) electrons. The van der Waals surface area contributed by atoms with Crippen molar-refractivity contribution in [1.82, 2.24) is 4.90 Å². The van der Waals surface area contributed by atoms with Gasteiger partial charge in [0.05, 0.1) is 17.1 Å². The second-order valence-electron chi connectivity index (χ2n) is 7.12. The number of amides is 1. The van der Waals surface area contributed by atoms with Crippen LogP contribution in [0.25, 0.3) is 0 Å². The smallest absolute Gasteiger partial charge is 0.264 e. The van der Waals surface area contributed by atoms with Gasteiger partial charge in [-0.25, -0.2) is 4.39 Å². The highest BCUT2D eigenvalue weighted by Gasteiger charge is 2.27. The number of carbonyl (C=O) groups is 1. The Bertz CT molecular complexity index is 998. The van der Waals surface area contributed by atoms with Gasteiger partial charge in [0, 0.05) is 13.0 Å². The molecule has 6 heteroatoms. The molecule has 0 N–H and O–H groups in total. The van der Waals surface area contributed by atoms with Crippen molar-refractivity contribution in [3.63, 3.8) is 0 Å². The molecule has 0 saturated heterocycles. The largest absolute Gasteiger partial charge is 0.390 e. The Morgan fingerprint density at radius 2 is 1.93 bits per heavy atom. The molecule has 1 aliphatic heterocycles. The Morgan fingerprint density at radius 1 is 1.17 bits per heavy atom. The minimum absolute atomic E-state index is 0.0586. The number of aryl methyl sites for hydroxylation is 1. The van der Waals surface area contributed by atoms with Gasteiger partial charge < -0.3 is 9.74 Å². The van der Waals surface area contributed by atoms with E-state index in [1.54, 1.807) is 17.0 Å². The van der Waals surface area contributed by atoms with E-state index >= 15 is 0 Å². The molecule has 1 amide bonds. The predicted molar refractivity (Wildman–Crippen MR) is 113 cm³/mol. The van der Waals surface area contributed by atoms with Gasteiger partial charge in [0.15, 0.2) is 6.10 Å². The summed E-state index contributed by atoms with van der Waals surface area (Å²) >= 11 is 1.41. The van der Waals surface area contributed by atoms with Crippen molar-refractivity contribution in [3.8, 4) is 0 Å². The lowest BCUT2D eigenvalue weighted by Gasteiger charge is -2.24. The van der Waals surface area contributed by atoms with Gasteiger partial charge >= 0.3 is 0 Å². The lowest BCUT2D eigenvalue weighted by Crippen LogP contribution is -2.37. The van der Waals surface area contributed by atoms with Crippen LogP contribution in [0.15, 0.2) is 71.2 Å². The van der Waals surface area contributed by atoms with Gasteiger partial charge in [0.25, 0.3) is 5.91 Å². The molecule has 0 aliphatic carbocycles. The molecule has 0 bridgehead atoms. The maximum absolute atomic E-state index is 13.2. The van der Waals surface area contributed by atoms with Crippen molar-refractivity contribution in [2.45, 2.75) is 26.0 Å². The average molecular weight is 408 g/mol. The fraction of sp³-hybridized carbons (Fsp3) is 0.217. The Balaban J connectivity index is 1.47. The first-order valence-electron chi connectivity index (χ1n) is 9.45. The van der Waals surface area contributed by atoms with Crippen molar-refractivity contribution in [2.24, 2.45) is 5.16 Å². The molecule has 0 saturated carbocycles. The Kier molecular flexibility index (Phi) is 5.71. The summed E-state index contributed by atoms with van der Waals surface area (Å²) in [6, 6.07) is 18.1. The van der Waals surface area contributed by atoms with Gasteiger partial charge in [-0.15, -0.1) is 11.3 Å². The van der Waals surface area contributed by atoms with E-state index in [0.717, 1.165) is 16.8 Å². The van der Waals surface area contributed by atoms with Crippen LogP contribution in [-0.2, 0) is 11.4 Å². The number of hydrogen-bond acceptors (Lipinski definition) is 4. The van der Waals surface area contributed by atoms with Gasteiger partial charge in [-0.05, 0) is 41.6 Å². The molecular weight excluding hydrogens is 387 g/mol. The third kappa shape index (κ3) is 4.71. The molecule has 29 heavy (non-hydrogen) atoms. The molecule has 1 atom stereocenters. The van der Waals surface area contributed by atoms with Crippen molar-refractivity contribution in [1.29, 1.82) is 0 Å². The number of oxime groups is 1. The zero-order valence-electron chi connectivity index (χ0n) is 16.0. The Labute approximate surface area is 173 Å². The highest BCUT2D eigenvalue weighted by molar-refractivity contribution is 7.12. The molecule has 2 aromatic carbocycles. The number of hydrogen-bond donors (Lipinski definition) is 0. The van der Waals surface area contributed by atoms with Gasteiger partial charge in [-0.3, -0.25) is 4.79 Å². The van der Waals surface area contributed by atoms with Gasteiger partial charge in [-0.1, -0.05) is 53.2 Å². The normalized spacial score (nSPS) is 15.7. The summed E-state index contributed by atoms with van der Waals surface area (Å²) in [5, 5.41) is 6.13. The van der Waals surface area contributed by atoms with Crippen LogP contribution in [0.1, 0.15) is 32.8 Å². The molecule has 3 aromatic rings. The minimum Gasteiger partial charge on any atom is -0.390 e. The molecule has 4 rings (SSSR count). The van der Waals surface area contributed by atoms with Crippen molar-refractivity contribution in [3.05, 3.63) is 93.4 Å². The summed E-state index contributed by atoms with van der Waals surface area (Å²) < 4.78 is 13.2. The van der Waals surface area contributed by atoms with E-state index in [0.29, 0.717) is 24.4 Å². The molecule has 1 aliphatic rings. The van der Waals surface area contributed by atoms with Gasteiger partial charge in [0.2, 0.25) is 0 Å². The summed E-state index contributed by atoms with van der Waals surface area (Å²) in [5.41, 5.74) is 3.99. The minimum atomic E-state index is -0.292. The third-order valence-corrected chi connectivity index (χ3v) is 5.71. The van der Waals surface area contributed by atoms with E-state index in [4.69, 9.17) is 4.84 Å². The van der Waals surface area contributed by atoms with Crippen LogP contribution >= 0.6 is 11.3 Å². The first-order chi connectivity index (χ1) is 14.1. The first kappa shape index (κ1) is 19.3. The topological polar surface area (TPSA) is 41.9 Å². The van der Waals surface area contributed by atoms with E-state index in [-0.39, 0.29) is 17.8 Å². The van der Waals surface area contributed by atoms with E-state index in [9.17, 15) is 9.18 Å². The van der Waals surface area contributed by atoms with Crippen LogP contribution in [0.3, 0.4) is 0 Å². The van der Waals surface area contributed by atoms with Gasteiger partial charge in [-0.2, -0.15) is 0 Å². The number of thiophene rings is 1. The number of benzene rings is 2. The summed E-state index contributed by atoms with van der Waals surface area (Å²) in [4.78, 5) is 21.1. The second-order valence-corrected chi connectivity index (χ2v) is 8.07. The summed E-state index contributed by atoms with van der Waals surface area (Å²) in [6.45, 7) is 2.84.